The third-order valence-corrected chi connectivity index (χ3v) is 6.16. The Balaban J connectivity index is 1.40. The topological polar surface area (TPSA) is 65.1 Å². The van der Waals surface area contributed by atoms with Crippen molar-refractivity contribution in [1.82, 2.24) is 4.90 Å². The lowest BCUT2D eigenvalue weighted by Gasteiger charge is -2.13. The average Bonchev–Trinajstić information content (AvgIpc) is 3.12. The summed E-state index contributed by atoms with van der Waals surface area (Å²) >= 11 is 0.945. The highest BCUT2D eigenvalue weighted by Crippen LogP contribution is 2.35. The zero-order chi connectivity index (χ0) is 24.6. The van der Waals surface area contributed by atoms with Gasteiger partial charge in [0.15, 0.2) is 11.5 Å². The number of hydrogen-bond acceptors (Lipinski definition) is 6. The van der Waals surface area contributed by atoms with Gasteiger partial charge < -0.3 is 14.2 Å². The first kappa shape index (κ1) is 24.4. The lowest BCUT2D eigenvalue weighted by molar-refractivity contribution is -0.123. The molecule has 1 aliphatic rings. The second-order valence-electron chi connectivity index (χ2n) is 7.90. The van der Waals surface area contributed by atoms with E-state index in [9.17, 15) is 9.59 Å². The quantitative estimate of drug-likeness (QED) is 0.254. The van der Waals surface area contributed by atoms with Crippen molar-refractivity contribution < 1.29 is 23.8 Å². The maximum atomic E-state index is 12.9. The van der Waals surface area contributed by atoms with Crippen molar-refractivity contribution in [3.05, 3.63) is 94.4 Å². The molecule has 0 unspecified atom stereocenters. The van der Waals surface area contributed by atoms with Crippen LogP contribution in [0.1, 0.15) is 23.6 Å². The monoisotopic (exact) mass is 489 g/mol. The molecule has 7 heteroatoms. The Bertz CT molecular complexity index is 1210. The van der Waals surface area contributed by atoms with Crippen LogP contribution >= 0.6 is 11.8 Å². The zero-order valence-corrected chi connectivity index (χ0v) is 20.5. The van der Waals surface area contributed by atoms with Gasteiger partial charge in [-0.05, 0) is 67.1 Å². The van der Waals surface area contributed by atoms with Crippen LogP contribution in [0.5, 0.6) is 17.2 Å². The fourth-order valence-corrected chi connectivity index (χ4v) is 4.34. The molecule has 1 aliphatic heterocycles. The minimum Gasteiger partial charge on any atom is -0.490 e. The predicted octanol–water partition coefficient (Wildman–Crippen LogP) is 6.09. The van der Waals surface area contributed by atoms with Gasteiger partial charge >= 0.3 is 0 Å². The summed E-state index contributed by atoms with van der Waals surface area (Å²) in [5, 5.41) is -0.274. The maximum absolute atomic E-state index is 12.9. The Hall–Kier alpha value is -3.71. The maximum Gasteiger partial charge on any atom is 0.293 e. The molecule has 0 saturated carbocycles. The number of rotatable bonds is 10. The van der Waals surface area contributed by atoms with Gasteiger partial charge in [0.05, 0.1) is 18.1 Å². The molecule has 4 rings (SSSR count). The molecule has 1 fully saturated rings. The number of imide groups is 1. The Morgan fingerprint density at radius 2 is 1.60 bits per heavy atom. The van der Waals surface area contributed by atoms with Crippen LogP contribution in [0.3, 0.4) is 0 Å². The number of benzene rings is 3. The SMILES string of the molecule is CCOc1cc(/C=C2\SC(=O)N(Cc3ccccc3)C2=O)ccc1OCCOc1ccc(C)cc1. The number of ether oxygens (including phenoxy) is 3. The molecule has 0 spiro atoms. The van der Waals surface area contributed by atoms with Crippen LogP contribution in [0.2, 0.25) is 0 Å². The van der Waals surface area contributed by atoms with Gasteiger partial charge in [0, 0.05) is 0 Å². The van der Waals surface area contributed by atoms with Gasteiger partial charge in [0.2, 0.25) is 0 Å². The lowest BCUT2D eigenvalue weighted by atomic mass is 10.1. The van der Waals surface area contributed by atoms with Crippen LogP contribution in [0.4, 0.5) is 4.79 Å². The van der Waals surface area contributed by atoms with E-state index in [4.69, 9.17) is 14.2 Å². The smallest absolute Gasteiger partial charge is 0.293 e. The van der Waals surface area contributed by atoms with Crippen LogP contribution in [-0.2, 0) is 11.3 Å². The minimum atomic E-state index is -0.296. The van der Waals surface area contributed by atoms with Crippen molar-refractivity contribution in [2.45, 2.75) is 20.4 Å². The Labute approximate surface area is 209 Å². The molecule has 35 heavy (non-hydrogen) atoms. The van der Waals surface area contributed by atoms with E-state index in [1.165, 1.54) is 10.5 Å². The van der Waals surface area contributed by atoms with E-state index in [1.807, 2.05) is 80.6 Å². The minimum absolute atomic E-state index is 0.254. The van der Waals surface area contributed by atoms with Crippen molar-refractivity contribution >= 4 is 29.0 Å². The van der Waals surface area contributed by atoms with Crippen LogP contribution < -0.4 is 14.2 Å². The third-order valence-electron chi connectivity index (χ3n) is 5.25. The zero-order valence-electron chi connectivity index (χ0n) is 19.7. The highest BCUT2D eigenvalue weighted by atomic mass is 32.2. The van der Waals surface area contributed by atoms with E-state index in [2.05, 4.69) is 0 Å². The first-order valence-electron chi connectivity index (χ1n) is 11.4. The Kier molecular flexibility index (Phi) is 8.11. The molecule has 0 bridgehead atoms. The van der Waals surface area contributed by atoms with E-state index in [0.717, 1.165) is 28.6 Å². The normalized spacial score (nSPS) is 14.5. The molecule has 0 N–H and O–H groups in total. The fraction of sp³-hybridized carbons (Fsp3) is 0.214. The summed E-state index contributed by atoms with van der Waals surface area (Å²) in [6.07, 6.45) is 1.71. The number of carbonyl (C=O) groups is 2. The molecule has 1 saturated heterocycles. The van der Waals surface area contributed by atoms with E-state index in [-0.39, 0.29) is 17.7 Å². The van der Waals surface area contributed by atoms with Gasteiger partial charge in [0.25, 0.3) is 11.1 Å². The summed E-state index contributed by atoms with van der Waals surface area (Å²) in [6.45, 7) is 5.39. The first-order chi connectivity index (χ1) is 17.0. The highest BCUT2D eigenvalue weighted by Gasteiger charge is 2.35. The predicted molar refractivity (Wildman–Crippen MR) is 138 cm³/mol. The molecule has 3 aromatic rings. The molecule has 1 heterocycles. The second kappa shape index (κ2) is 11.6. The summed E-state index contributed by atoms with van der Waals surface area (Å²) in [6, 6.07) is 22.8. The lowest BCUT2D eigenvalue weighted by Crippen LogP contribution is -2.27. The van der Waals surface area contributed by atoms with Crippen molar-refractivity contribution in [2.24, 2.45) is 0 Å². The van der Waals surface area contributed by atoms with Crippen LogP contribution in [0.25, 0.3) is 6.08 Å². The number of carbonyl (C=O) groups excluding carboxylic acids is 2. The van der Waals surface area contributed by atoms with Gasteiger partial charge in [-0.25, -0.2) is 0 Å². The van der Waals surface area contributed by atoms with Crippen LogP contribution in [0.15, 0.2) is 77.7 Å². The van der Waals surface area contributed by atoms with Gasteiger partial charge in [0.1, 0.15) is 19.0 Å². The van der Waals surface area contributed by atoms with Crippen molar-refractivity contribution in [1.29, 1.82) is 0 Å². The third kappa shape index (κ3) is 6.45. The standard InChI is InChI=1S/C28H27NO5S/c1-3-32-25-17-22(11-14-24(25)34-16-15-33-23-12-9-20(2)10-13-23)18-26-27(30)29(28(31)35-26)19-21-7-5-4-6-8-21/h4-14,17-18H,3,15-16,19H2,1-2H3/b26-18-. The number of amides is 2. The summed E-state index contributed by atoms with van der Waals surface area (Å²) < 4.78 is 17.3. The van der Waals surface area contributed by atoms with E-state index < -0.39 is 0 Å². The second-order valence-corrected chi connectivity index (χ2v) is 8.90. The average molecular weight is 490 g/mol. The van der Waals surface area contributed by atoms with E-state index in [0.29, 0.717) is 36.2 Å². The summed E-state index contributed by atoms with van der Waals surface area (Å²) in [4.78, 5) is 27.0. The van der Waals surface area contributed by atoms with Crippen molar-refractivity contribution in [3.8, 4) is 17.2 Å². The highest BCUT2D eigenvalue weighted by molar-refractivity contribution is 8.18. The molecule has 0 aliphatic carbocycles. The Morgan fingerprint density at radius 1 is 0.857 bits per heavy atom. The molecular weight excluding hydrogens is 462 g/mol. The molecule has 0 atom stereocenters. The summed E-state index contributed by atoms with van der Waals surface area (Å²) in [7, 11) is 0. The summed E-state index contributed by atoms with van der Waals surface area (Å²) in [5.74, 6) is 1.66. The molecular formula is C28H27NO5S. The largest absolute Gasteiger partial charge is 0.490 e. The van der Waals surface area contributed by atoms with Crippen LogP contribution in [-0.4, -0.2) is 35.9 Å². The molecule has 0 radical (unpaired) electrons. The number of hydrogen-bond donors (Lipinski definition) is 0. The number of thioether (sulfide) groups is 1. The number of aryl methyl sites for hydroxylation is 1. The molecule has 6 nitrogen and oxygen atoms in total. The molecule has 2 amide bonds. The van der Waals surface area contributed by atoms with Gasteiger partial charge in [-0.2, -0.15) is 0 Å². The van der Waals surface area contributed by atoms with Crippen molar-refractivity contribution in [2.75, 3.05) is 19.8 Å². The summed E-state index contributed by atoms with van der Waals surface area (Å²) in [5.41, 5.74) is 2.83. The first-order valence-corrected chi connectivity index (χ1v) is 12.2. The van der Waals surface area contributed by atoms with Crippen molar-refractivity contribution in [3.63, 3.8) is 0 Å². The van der Waals surface area contributed by atoms with Gasteiger partial charge in [-0.15, -0.1) is 0 Å². The van der Waals surface area contributed by atoms with Crippen LogP contribution in [0, 0.1) is 6.92 Å². The molecule has 3 aromatic carbocycles. The number of nitrogens with zero attached hydrogens (tertiary/aromatic N) is 1. The van der Waals surface area contributed by atoms with Gasteiger partial charge in [-0.1, -0.05) is 54.1 Å². The Morgan fingerprint density at radius 3 is 2.34 bits per heavy atom. The molecule has 180 valence electrons. The fourth-order valence-electron chi connectivity index (χ4n) is 3.50. The van der Waals surface area contributed by atoms with Gasteiger partial charge in [-0.3, -0.25) is 14.5 Å². The van der Waals surface area contributed by atoms with E-state index >= 15 is 0 Å². The molecule has 0 aromatic heterocycles. The van der Waals surface area contributed by atoms with E-state index in [1.54, 1.807) is 12.1 Å².